The van der Waals surface area contributed by atoms with E-state index >= 15 is 0 Å². The number of aromatic nitrogens is 3. The number of sulfonamides is 1. The van der Waals surface area contributed by atoms with Gasteiger partial charge in [-0.25, -0.2) is 18.4 Å². The molecule has 0 atom stereocenters. The van der Waals surface area contributed by atoms with E-state index in [0.717, 1.165) is 5.69 Å². The zero-order chi connectivity index (χ0) is 19.7. The average Bonchev–Trinajstić information content (AvgIpc) is 3.39. The molecule has 10 heteroatoms. The maximum absolute atomic E-state index is 12.1. The molecule has 28 heavy (non-hydrogen) atoms. The molecule has 3 aromatic rings. The van der Waals surface area contributed by atoms with Crippen molar-refractivity contribution in [2.75, 3.05) is 36.8 Å². The van der Waals surface area contributed by atoms with Gasteiger partial charge in [0.2, 0.25) is 16.0 Å². The lowest BCUT2D eigenvalue weighted by Crippen LogP contribution is -2.49. The Morgan fingerprint density at radius 3 is 2.57 bits per heavy atom. The standard InChI is InChI=1S/C18H21N5O4S/c1-3-28(24,25)23-8-6-22(7-9-23)18-19-12-14(16-11-13(2)21-27-16)17(20-18)15-5-4-10-26-15/h4-5,10-12H,3,6-9H2,1-2H3. The highest BCUT2D eigenvalue weighted by atomic mass is 32.2. The van der Waals surface area contributed by atoms with E-state index in [1.807, 2.05) is 24.0 Å². The van der Waals surface area contributed by atoms with Gasteiger partial charge in [-0.2, -0.15) is 4.31 Å². The second-order valence-corrected chi connectivity index (χ2v) is 8.79. The molecule has 0 aliphatic carbocycles. The van der Waals surface area contributed by atoms with E-state index in [1.54, 1.807) is 25.5 Å². The Labute approximate surface area is 163 Å². The first-order chi connectivity index (χ1) is 13.5. The van der Waals surface area contributed by atoms with Crippen LogP contribution in [0.4, 0.5) is 5.95 Å². The van der Waals surface area contributed by atoms with E-state index in [4.69, 9.17) is 13.9 Å². The molecule has 148 valence electrons. The van der Waals surface area contributed by atoms with Crippen LogP contribution in [-0.2, 0) is 10.0 Å². The Hall–Kier alpha value is -2.72. The lowest BCUT2D eigenvalue weighted by Gasteiger charge is -2.33. The maximum atomic E-state index is 12.1. The van der Waals surface area contributed by atoms with Crippen molar-refractivity contribution < 1.29 is 17.4 Å². The smallest absolute Gasteiger partial charge is 0.226 e. The van der Waals surface area contributed by atoms with E-state index in [-0.39, 0.29) is 5.75 Å². The van der Waals surface area contributed by atoms with Crippen LogP contribution in [0.5, 0.6) is 0 Å². The van der Waals surface area contributed by atoms with Crippen molar-refractivity contribution in [3.63, 3.8) is 0 Å². The van der Waals surface area contributed by atoms with Gasteiger partial charge in [0.1, 0.15) is 5.69 Å². The lowest BCUT2D eigenvalue weighted by molar-refractivity contribution is 0.383. The van der Waals surface area contributed by atoms with Gasteiger partial charge in [-0.05, 0) is 26.0 Å². The summed E-state index contributed by atoms with van der Waals surface area (Å²) in [5.74, 6) is 1.80. The largest absolute Gasteiger partial charge is 0.463 e. The van der Waals surface area contributed by atoms with E-state index in [1.165, 1.54) is 4.31 Å². The highest BCUT2D eigenvalue weighted by Crippen LogP contribution is 2.32. The van der Waals surface area contributed by atoms with Crippen LogP contribution in [0.15, 0.2) is 39.6 Å². The van der Waals surface area contributed by atoms with Gasteiger partial charge in [-0.15, -0.1) is 0 Å². The average molecular weight is 403 g/mol. The number of piperazine rings is 1. The number of nitrogens with zero attached hydrogens (tertiary/aromatic N) is 5. The summed E-state index contributed by atoms with van der Waals surface area (Å²) in [7, 11) is -3.18. The minimum Gasteiger partial charge on any atom is -0.463 e. The van der Waals surface area contributed by atoms with Crippen molar-refractivity contribution in [3.8, 4) is 22.8 Å². The van der Waals surface area contributed by atoms with Gasteiger partial charge in [0.25, 0.3) is 0 Å². The first kappa shape index (κ1) is 18.6. The van der Waals surface area contributed by atoms with Crippen LogP contribution in [-0.4, -0.2) is 59.8 Å². The van der Waals surface area contributed by atoms with E-state index in [2.05, 4.69) is 10.1 Å². The molecule has 1 saturated heterocycles. The van der Waals surface area contributed by atoms with Crippen LogP contribution < -0.4 is 4.90 Å². The lowest BCUT2D eigenvalue weighted by atomic mass is 10.1. The third-order valence-electron chi connectivity index (χ3n) is 4.70. The van der Waals surface area contributed by atoms with E-state index < -0.39 is 10.0 Å². The zero-order valence-electron chi connectivity index (χ0n) is 15.7. The summed E-state index contributed by atoms with van der Waals surface area (Å²) in [6.45, 7) is 5.38. The molecule has 0 amide bonds. The Balaban J connectivity index is 1.64. The predicted octanol–water partition coefficient (Wildman–Crippen LogP) is 2.17. The van der Waals surface area contributed by atoms with E-state index in [9.17, 15) is 8.42 Å². The fraction of sp³-hybridized carbons (Fsp3) is 0.389. The van der Waals surface area contributed by atoms with Crippen LogP contribution in [0.3, 0.4) is 0 Å². The molecule has 4 heterocycles. The molecule has 3 aromatic heterocycles. The van der Waals surface area contributed by atoms with Gasteiger partial charge in [0.05, 0.1) is 23.3 Å². The quantitative estimate of drug-likeness (QED) is 0.638. The monoisotopic (exact) mass is 403 g/mol. The molecular formula is C18H21N5O4S. The number of anilines is 1. The van der Waals surface area contributed by atoms with Gasteiger partial charge in [-0.1, -0.05) is 5.16 Å². The fourth-order valence-corrected chi connectivity index (χ4v) is 4.23. The van der Waals surface area contributed by atoms with Crippen LogP contribution in [0.25, 0.3) is 22.8 Å². The fourth-order valence-electron chi connectivity index (χ4n) is 3.15. The molecule has 0 spiro atoms. The van der Waals surface area contributed by atoms with Crippen LogP contribution in [0.2, 0.25) is 0 Å². The van der Waals surface area contributed by atoms with Gasteiger partial charge in [-0.3, -0.25) is 0 Å². The summed E-state index contributed by atoms with van der Waals surface area (Å²) in [6, 6.07) is 5.44. The Morgan fingerprint density at radius 1 is 1.18 bits per heavy atom. The van der Waals surface area contributed by atoms with Crippen LogP contribution in [0.1, 0.15) is 12.6 Å². The van der Waals surface area contributed by atoms with Crippen molar-refractivity contribution in [2.24, 2.45) is 0 Å². The molecule has 0 bridgehead atoms. The summed E-state index contributed by atoms with van der Waals surface area (Å²) in [5.41, 5.74) is 2.05. The van der Waals surface area contributed by atoms with Crippen molar-refractivity contribution in [3.05, 3.63) is 36.4 Å². The second kappa shape index (κ2) is 7.36. The zero-order valence-corrected chi connectivity index (χ0v) is 16.5. The van der Waals surface area contributed by atoms with Crippen molar-refractivity contribution >= 4 is 16.0 Å². The molecule has 0 N–H and O–H groups in total. The first-order valence-electron chi connectivity index (χ1n) is 9.05. The van der Waals surface area contributed by atoms with Crippen molar-refractivity contribution in [1.82, 2.24) is 19.4 Å². The molecule has 1 fully saturated rings. The molecule has 0 radical (unpaired) electrons. The Kier molecular flexibility index (Phi) is 4.90. The number of hydrogen-bond acceptors (Lipinski definition) is 8. The molecule has 0 aromatic carbocycles. The molecule has 9 nitrogen and oxygen atoms in total. The topological polar surface area (TPSA) is 106 Å². The minimum atomic E-state index is -3.18. The molecule has 4 rings (SSSR count). The SMILES string of the molecule is CCS(=O)(=O)N1CCN(c2ncc(-c3cc(C)no3)c(-c3ccco3)n2)CC1. The van der Waals surface area contributed by atoms with Gasteiger partial charge in [0, 0.05) is 38.4 Å². The van der Waals surface area contributed by atoms with Crippen molar-refractivity contribution in [2.45, 2.75) is 13.8 Å². The van der Waals surface area contributed by atoms with Gasteiger partial charge in [0.15, 0.2) is 11.5 Å². The molecule has 1 aliphatic heterocycles. The van der Waals surface area contributed by atoms with Crippen molar-refractivity contribution in [1.29, 1.82) is 0 Å². The first-order valence-corrected chi connectivity index (χ1v) is 10.7. The second-order valence-electron chi connectivity index (χ2n) is 6.53. The maximum Gasteiger partial charge on any atom is 0.226 e. The normalized spacial score (nSPS) is 15.9. The van der Waals surface area contributed by atoms with Gasteiger partial charge >= 0.3 is 0 Å². The number of hydrogen-bond donors (Lipinski definition) is 0. The number of aryl methyl sites for hydroxylation is 1. The summed E-state index contributed by atoms with van der Waals surface area (Å²) >= 11 is 0. The van der Waals surface area contributed by atoms with E-state index in [0.29, 0.717) is 54.9 Å². The number of rotatable bonds is 5. The summed E-state index contributed by atoms with van der Waals surface area (Å²) in [5, 5.41) is 3.93. The highest BCUT2D eigenvalue weighted by Gasteiger charge is 2.27. The third kappa shape index (κ3) is 3.52. The number of furan rings is 1. The predicted molar refractivity (Wildman–Crippen MR) is 103 cm³/mol. The molecule has 1 aliphatic rings. The molecular weight excluding hydrogens is 382 g/mol. The van der Waals surface area contributed by atoms with Gasteiger partial charge < -0.3 is 13.8 Å². The summed E-state index contributed by atoms with van der Waals surface area (Å²) < 4.78 is 36.6. The third-order valence-corrected chi connectivity index (χ3v) is 6.59. The molecule has 0 saturated carbocycles. The summed E-state index contributed by atoms with van der Waals surface area (Å²) in [6.07, 6.45) is 3.27. The molecule has 0 unspecified atom stereocenters. The van der Waals surface area contributed by atoms with Crippen LogP contribution >= 0.6 is 0 Å². The Morgan fingerprint density at radius 2 is 1.96 bits per heavy atom. The van der Waals surface area contributed by atoms with Crippen LogP contribution in [0, 0.1) is 6.92 Å². The minimum absolute atomic E-state index is 0.109. The highest BCUT2D eigenvalue weighted by molar-refractivity contribution is 7.89. The Bertz CT molecular complexity index is 1050. The summed E-state index contributed by atoms with van der Waals surface area (Å²) in [4.78, 5) is 11.2.